The summed E-state index contributed by atoms with van der Waals surface area (Å²) in [6.07, 6.45) is -5.77. The maximum absolute atomic E-state index is 12.8. The van der Waals surface area contributed by atoms with Crippen LogP contribution in [0, 0.1) is 0 Å². The van der Waals surface area contributed by atoms with Crippen molar-refractivity contribution in [2.24, 2.45) is 0 Å². The van der Waals surface area contributed by atoms with E-state index in [1.165, 1.54) is 18.2 Å². The number of rotatable bonds is 2. The van der Waals surface area contributed by atoms with Crippen LogP contribution in [0.1, 0.15) is 30.1 Å². The lowest BCUT2D eigenvalue weighted by molar-refractivity contribution is -0.150. The molecular weight excluding hydrogens is 249 g/mol. The number of benzene rings is 1. The molecule has 98 valence electrons. The van der Waals surface area contributed by atoms with Crippen molar-refractivity contribution in [2.45, 2.75) is 31.2 Å². The monoisotopic (exact) mass is 260 g/mol. The molecular formula is C12H11F3O3. The Kier molecular flexibility index (Phi) is 3.30. The molecule has 18 heavy (non-hydrogen) atoms. The molecule has 0 spiro atoms. The molecule has 0 aromatic heterocycles. The summed E-state index contributed by atoms with van der Waals surface area (Å²) in [5, 5.41) is 8.76. The normalized spacial score (nSPS) is 24.2. The molecule has 0 amide bonds. The van der Waals surface area contributed by atoms with Crippen molar-refractivity contribution in [3.63, 3.8) is 0 Å². The largest absolute Gasteiger partial charge is 0.479 e. The first-order chi connectivity index (χ1) is 8.39. The van der Waals surface area contributed by atoms with Crippen LogP contribution in [-0.4, -0.2) is 17.2 Å². The molecule has 1 heterocycles. The van der Waals surface area contributed by atoms with Gasteiger partial charge in [0.2, 0.25) is 0 Å². The highest BCUT2D eigenvalue weighted by atomic mass is 19.4. The van der Waals surface area contributed by atoms with Crippen LogP contribution in [0.25, 0.3) is 0 Å². The Balaban J connectivity index is 2.27. The number of halogens is 3. The average Bonchev–Trinajstić information content (AvgIpc) is 2.77. The van der Waals surface area contributed by atoms with E-state index in [2.05, 4.69) is 0 Å². The van der Waals surface area contributed by atoms with Gasteiger partial charge in [-0.1, -0.05) is 18.2 Å². The van der Waals surface area contributed by atoms with Crippen molar-refractivity contribution in [1.29, 1.82) is 0 Å². The fourth-order valence-corrected chi connectivity index (χ4v) is 2.08. The van der Waals surface area contributed by atoms with Gasteiger partial charge in [0.25, 0.3) is 0 Å². The van der Waals surface area contributed by atoms with E-state index in [-0.39, 0.29) is 18.4 Å². The molecule has 0 radical (unpaired) electrons. The number of carboxylic acid groups (broad SMARTS) is 1. The van der Waals surface area contributed by atoms with E-state index < -0.39 is 29.9 Å². The smallest absolute Gasteiger partial charge is 0.416 e. The Morgan fingerprint density at radius 2 is 1.94 bits per heavy atom. The van der Waals surface area contributed by atoms with Gasteiger partial charge in [0.15, 0.2) is 6.10 Å². The molecule has 1 saturated heterocycles. The Labute approximate surface area is 101 Å². The number of aliphatic carboxylic acids is 1. The highest BCUT2D eigenvalue weighted by molar-refractivity contribution is 5.72. The predicted octanol–water partition coefficient (Wildman–Crippen LogP) is 3.01. The topological polar surface area (TPSA) is 46.5 Å². The van der Waals surface area contributed by atoms with Crippen molar-refractivity contribution < 1.29 is 27.8 Å². The van der Waals surface area contributed by atoms with Crippen LogP contribution >= 0.6 is 0 Å². The summed E-state index contributed by atoms with van der Waals surface area (Å²) in [5.74, 6) is -1.14. The van der Waals surface area contributed by atoms with Gasteiger partial charge < -0.3 is 9.84 Å². The number of ether oxygens (including phenoxy) is 1. The van der Waals surface area contributed by atoms with E-state index in [4.69, 9.17) is 9.84 Å². The molecule has 0 bridgehead atoms. The zero-order chi connectivity index (χ0) is 13.3. The quantitative estimate of drug-likeness (QED) is 0.889. The lowest BCUT2D eigenvalue weighted by atomic mass is 10.00. The van der Waals surface area contributed by atoms with Gasteiger partial charge in [-0.15, -0.1) is 0 Å². The summed E-state index contributed by atoms with van der Waals surface area (Å²) in [7, 11) is 0. The fourth-order valence-electron chi connectivity index (χ4n) is 2.08. The zero-order valence-electron chi connectivity index (χ0n) is 9.28. The van der Waals surface area contributed by atoms with Gasteiger partial charge in [-0.25, -0.2) is 4.79 Å². The molecule has 0 aliphatic carbocycles. The summed E-state index contributed by atoms with van der Waals surface area (Å²) in [4.78, 5) is 10.7. The van der Waals surface area contributed by atoms with Crippen molar-refractivity contribution >= 4 is 5.97 Å². The Morgan fingerprint density at radius 3 is 2.50 bits per heavy atom. The van der Waals surface area contributed by atoms with Crippen LogP contribution in [0.4, 0.5) is 13.2 Å². The minimum absolute atomic E-state index is 0.00810. The summed E-state index contributed by atoms with van der Waals surface area (Å²) < 4.78 is 43.5. The first-order valence-electron chi connectivity index (χ1n) is 5.44. The standard InChI is InChI=1S/C12H11F3O3/c13-12(14,15)8-4-2-1-3-7(8)9-5-6-10(18-9)11(16)17/h1-4,9-10H,5-6H2,(H,16,17). The second-order valence-corrected chi connectivity index (χ2v) is 4.11. The summed E-state index contributed by atoms with van der Waals surface area (Å²) in [6, 6.07) is 5.10. The SMILES string of the molecule is O=C(O)C1CCC(c2ccccc2C(F)(F)F)O1. The van der Waals surface area contributed by atoms with Crippen molar-refractivity contribution in [1.82, 2.24) is 0 Å². The Hall–Kier alpha value is -1.56. The molecule has 2 rings (SSSR count). The number of carboxylic acids is 1. The number of hydrogen-bond acceptors (Lipinski definition) is 2. The molecule has 3 nitrogen and oxygen atoms in total. The predicted molar refractivity (Wildman–Crippen MR) is 55.9 cm³/mol. The maximum atomic E-state index is 12.8. The van der Waals surface area contributed by atoms with Crippen molar-refractivity contribution in [2.75, 3.05) is 0 Å². The zero-order valence-corrected chi connectivity index (χ0v) is 9.28. The molecule has 0 saturated carbocycles. The highest BCUT2D eigenvalue weighted by Gasteiger charge is 2.38. The van der Waals surface area contributed by atoms with E-state index in [9.17, 15) is 18.0 Å². The number of alkyl halides is 3. The Bertz CT molecular complexity index is 456. The first-order valence-corrected chi connectivity index (χ1v) is 5.44. The summed E-state index contributed by atoms with van der Waals surface area (Å²) in [6.45, 7) is 0. The number of hydrogen-bond donors (Lipinski definition) is 1. The third-order valence-electron chi connectivity index (χ3n) is 2.91. The van der Waals surface area contributed by atoms with Gasteiger partial charge >= 0.3 is 12.1 Å². The fraction of sp³-hybridized carbons (Fsp3) is 0.417. The van der Waals surface area contributed by atoms with Gasteiger partial charge in [-0.05, 0) is 24.5 Å². The summed E-state index contributed by atoms with van der Waals surface area (Å²) in [5.41, 5.74) is -0.755. The van der Waals surface area contributed by atoms with Gasteiger partial charge in [0, 0.05) is 0 Å². The molecule has 1 N–H and O–H groups in total. The lowest BCUT2D eigenvalue weighted by Crippen LogP contribution is -2.19. The lowest BCUT2D eigenvalue weighted by Gasteiger charge is -2.17. The molecule has 2 unspecified atom stereocenters. The van der Waals surface area contributed by atoms with E-state index in [1.54, 1.807) is 0 Å². The van der Waals surface area contributed by atoms with Crippen molar-refractivity contribution in [3.05, 3.63) is 35.4 Å². The van der Waals surface area contributed by atoms with Crippen molar-refractivity contribution in [3.8, 4) is 0 Å². The third-order valence-corrected chi connectivity index (χ3v) is 2.91. The van der Waals surface area contributed by atoms with Crippen LogP contribution in [0.3, 0.4) is 0 Å². The molecule has 1 aliphatic rings. The second-order valence-electron chi connectivity index (χ2n) is 4.11. The van der Waals surface area contributed by atoms with Gasteiger partial charge in [0.05, 0.1) is 11.7 Å². The van der Waals surface area contributed by atoms with E-state index in [0.29, 0.717) is 0 Å². The minimum Gasteiger partial charge on any atom is -0.479 e. The highest BCUT2D eigenvalue weighted by Crippen LogP contribution is 2.40. The number of carbonyl (C=O) groups is 1. The molecule has 1 aromatic carbocycles. The van der Waals surface area contributed by atoms with Crippen LogP contribution in [0.2, 0.25) is 0 Å². The third kappa shape index (κ3) is 2.48. The van der Waals surface area contributed by atoms with E-state index in [0.717, 1.165) is 6.07 Å². The van der Waals surface area contributed by atoms with Crippen LogP contribution < -0.4 is 0 Å². The van der Waals surface area contributed by atoms with E-state index in [1.807, 2.05) is 0 Å². The summed E-state index contributed by atoms with van der Waals surface area (Å²) >= 11 is 0. The second kappa shape index (κ2) is 4.61. The van der Waals surface area contributed by atoms with Gasteiger partial charge in [-0.2, -0.15) is 13.2 Å². The van der Waals surface area contributed by atoms with Crippen LogP contribution in [0.15, 0.2) is 24.3 Å². The molecule has 1 aliphatic heterocycles. The van der Waals surface area contributed by atoms with E-state index >= 15 is 0 Å². The van der Waals surface area contributed by atoms with Crippen LogP contribution in [0.5, 0.6) is 0 Å². The molecule has 2 atom stereocenters. The maximum Gasteiger partial charge on any atom is 0.416 e. The van der Waals surface area contributed by atoms with Gasteiger partial charge in [0.1, 0.15) is 0 Å². The molecule has 6 heteroatoms. The minimum atomic E-state index is -4.46. The Morgan fingerprint density at radius 1 is 1.28 bits per heavy atom. The van der Waals surface area contributed by atoms with Gasteiger partial charge in [-0.3, -0.25) is 0 Å². The average molecular weight is 260 g/mol. The van der Waals surface area contributed by atoms with Crippen LogP contribution in [-0.2, 0) is 15.7 Å². The first kappa shape index (κ1) is 12.9. The molecule has 1 fully saturated rings. The molecule has 1 aromatic rings.